The fourth-order valence-corrected chi connectivity index (χ4v) is 2.55. The van der Waals surface area contributed by atoms with Crippen LogP contribution in [0.4, 0.5) is 10.2 Å². The van der Waals surface area contributed by atoms with Gasteiger partial charge in [0.1, 0.15) is 11.9 Å². The first-order valence-corrected chi connectivity index (χ1v) is 7.09. The number of aliphatic hydroxyl groups excluding tert-OH is 1. The smallest absolute Gasteiger partial charge is 0.391 e. The third-order valence-corrected chi connectivity index (χ3v) is 3.44. The highest BCUT2D eigenvalue weighted by Crippen LogP contribution is 2.38. The predicted molar refractivity (Wildman–Crippen MR) is 68.1 cm³/mol. The predicted octanol–water partition coefficient (Wildman–Crippen LogP) is -0.523. The van der Waals surface area contributed by atoms with Crippen molar-refractivity contribution in [2.24, 2.45) is 0 Å². The number of hydrogen-bond donors (Lipinski definition) is 3. The average Bonchev–Trinajstić information content (AvgIpc) is 2.67. The van der Waals surface area contributed by atoms with Crippen molar-refractivity contribution in [3.8, 4) is 0 Å². The molecule has 2 heterocycles. The molecule has 4 N–H and O–H groups in total. The molecule has 2 rings (SSSR count). The molecule has 2 unspecified atom stereocenters. The van der Waals surface area contributed by atoms with Crippen molar-refractivity contribution in [3.63, 3.8) is 0 Å². The quantitative estimate of drug-likeness (QED) is 0.630. The minimum Gasteiger partial charge on any atom is -0.391 e. The summed E-state index contributed by atoms with van der Waals surface area (Å²) in [4.78, 5) is 23.9. The lowest BCUT2D eigenvalue weighted by Crippen LogP contribution is -2.37. The zero-order chi connectivity index (χ0) is 15.7. The number of aromatic nitrogens is 2. The average molecular weight is 322 g/mol. The summed E-state index contributed by atoms with van der Waals surface area (Å²) in [6.07, 6.45) is -6.08. The van der Waals surface area contributed by atoms with Crippen molar-refractivity contribution < 1.29 is 28.2 Å². The first-order chi connectivity index (χ1) is 9.81. The van der Waals surface area contributed by atoms with E-state index in [1.165, 1.54) is 19.2 Å². The van der Waals surface area contributed by atoms with E-state index in [2.05, 4.69) is 9.51 Å². The molecule has 0 spiro atoms. The summed E-state index contributed by atoms with van der Waals surface area (Å²) >= 11 is 0. The second-order valence-electron chi connectivity index (χ2n) is 4.53. The Bertz CT molecular complexity index is 596. The topological polar surface area (TPSA) is 137 Å². The highest BCUT2D eigenvalue weighted by molar-refractivity contribution is 7.32. The monoisotopic (exact) mass is 322 g/mol. The molecule has 21 heavy (non-hydrogen) atoms. The molecule has 0 saturated carbocycles. The molecule has 9 nitrogen and oxygen atoms in total. The maximum absolute atomic E-state index is 14.4. The van der Waals surface area contributed by atoms with Crippen LogP contribution >= 0.6 is 8.25 Å². The molecule has 0 radical (unpaired) electrons. The van der Waals surface area contributed by atoms with E-state index >= 15 is 0 Å². The van der Waals surface area contributed by atoms with Gasteiger partial charge in [-0.2, -0.15) is 4.98 Å². The highest BCUT2D eigenvalue weighted by Gasteiger charge is 2.53. The molecular weight excluding hydrogens is 308 g/mol. The first-order valence-electron chi connectivity index (χ1n) is 5.96. The van der Waals surface area contributed by atoms with E-state index in [4.69, 9.17) is 15.4 Å². The van der Waals surface area contributed by atoms with Crippen LogP contribution in [0.3, 0.4) is 0 Å². The zero-order valence-corrected chi connectivity index (χ0v) is 11.8. The molecule has 116 valence electrons. The van der Waals surface area contributed by atoms with Crippen molar-refractivity contribution in [1.29, 1.82) is 0 Å². The first kappa shape index (κ1) is 15.9. The van der Waals surface area contributed by atoms with Gasteiger partial charge in [-0.1, -0.05) is 0 Å². The molecule has 0 aromatic carbocycles. The fourth-order valence-electron chi connectivity index (χ4n) is 2.11. The zero-order valence-electron chi connectivity index (χ0n) is 10.9. The van der Waals surface area contributed by atoms with Crippen LogP contribution in [-0.4, -0.2) is 44.0 Å². The van der Waals surface area contributed by atoms with Gasteiger partial charge < -0.3 is 15.6 Å². The largest absolute Gasteiger partial charge is 0.695 e. The van der Waals surface area contributed by atoms with E-state index < -0.39 is 44.7 Å². The molecule has 1 aliphatic rings. The Morgan fingerprint density at radius 1 is 1.67 bits per heavy atom. The molecule has 11 heteroatoms. The van der Waals surface area contributed by atoms with Crippen molar-refractivity contribution in [1.82, 2.24) is 9.55 Å². The van der Waals surface area contributed by atoms with Crippen LogP contribution < -0.4 is 11.4 Å². The molecule has 6 atom stereocenters. The summed E-state index contributed by atoms with van der Waals surface area (Å²) in [6, 6.07) is 1.27. The number of hydrogen-bond acceptors (Lipinski definition) is 7. The molecular formula is C10H14FN3O6P+. The Labute approximate surface area is 119 Å². The molecule has 0 aliphatic carbocycles. The fraction of sp³-hybridized carbons (Fsp3) is 0.600. The minimum atomic E-state index is -3.09. The van der Waals surface area contributed by atoms with E-state index in [0.29, 0.717) is 0 Å². The van der Waals surface area contributed by atoms with Crippen molar-refractivity contribution in [2.75, 3.05) is 5.73 Å². The normalized spacial score (nSPS) is 31.1. The van der Waals surface area contributed by atoms with Crippen LogP contribution in [0.1, 0.15) is 13.2 Å². The third-order valence-electron chi connectivity index (χ3n) is 3.02. The van der Waals surface area contributed by atoms with Crippen molar-refractivity contribution in [2.45, 2.75) is 37.6 Å². The summed E-state index contributed by atoms with van der Waals surface area (Å²) in [5.41, 5.74) is 4.49. The van der Waals surface area contributed by atoms with E-state index in [9.17, 15) is 18.9 Å². The highest BCUT2D eigenvalue weighted by atomic mass is 31.1. The Morgan fingerprint density at radius 2 is 2.33 bits per heavy atom. The molecule has 1 aromatic heterocycles. The number of rotatable bonds is 4. The summed E-state index contributed by atoms with van der Waals surface area (Å²) in [5, 5.41) is 9.56. The van der Waals surface area contributed by atoms with Gasteiger partial charge >= 0.3 is 13.9 Å². The van der Waals surface area contributed by atoms with E-state index in [0.717, 1.165) is 4.57 Å². The summed E-state index contributed by atoms with van der Waals surface area (Å²) < 4.78 is 35.8. The minimum absolute atomic E-state index is 0.0389. The standard InChI is InChI=1S/C10H13FN3O6P/c1-4(15)7-8(20-21(17)18)6(11)9(19-7)14-3-2-5(12)13-10(14)16/h2-4,6-9,15H,1H3,(H2-,12,13,16,17,18)/p+1/t4-,6-,7+,8?,9+/m0/s1. The molecule has 1 aliphatic heterocycles. The van der Waals surface area contributed by atoms with Gasteiger partial charge in [0.2, 0.25) is 0 Å². The molecule has 0 bridgehead atoms. The molecule has 1 saturated heterocycles. The number of nitrogens with zero attached hydrogens (tertiary/aromatic N) is 2. The van der Waals surface area contributed by atoms with Gasteiger partial charge in [0.05, 0.1) is 6.10 Å². The second kappa shape index (κ2) is 6.12. The van der Waals surface area contributed by atoms with E-state index in [1.807, 2.05) is 0 Å². The van der Waals surface area contributed by atoms with E-state index in [1.54, 1.807) is 0 Å². The Kier molecular flexibility index (Phi) is 4.64. The van der Waals surface area contributed by atoms with Gasteiger partial charge in [-0.05, 0) is 13.0 Å². The van der Waals surface area contributed by atoms with Gasteiger partial charge in [-0.15, -0.1) is 9.42 Å². The third kappa shape index (κ3) is 3.25. The van der Waals surface area contributed by atoms with Crippen LogP contribution in [-0.2, 0) is 13.8 Å². The van der Waals surface area contributed by atoms with Crippen molar-refractivity contribution in [3.05, 3.63) is 22.7 Å². The summed E-state index contributed by atoms with van der Waals surface area (Å²) in [6.45, 7) is 1.31. The van der Waals surface area contributed by atoms with Gasteiger partial charge in [0.25, 0.3) is 0 Å². The number of nitrogens with two attached hydrogens (primary N) is 1. The van der Waals surface area contributed by atoms with Crippen LogP contribution in [0.2, 0.25) is 0 Å². The van der Waals surface area contributed by atoms with Crippen molar-refractivity contribution >= 4 is 14.1 Å². The number of nitrogen functional groups attached to an aromatic ring is 1. The lowest BCUT2D eigenvalue weighted by Gasteiger charge is -2.17. The summed E-state index contributed by atoms with van der Waals surface area (Å²) in [5.74, 6) is -0.0389. The molecule has 0 amide bonds. The van der Waals surface area contributed by atoms with E-state index in [-0.39, 0.29) is 5.82 Å². The SMILES string of the molecule is C[C@H](O)[C@H]1O[C@@H](n2ccc(N)nc2=O)[C@@H](F)C1O[P+](=O)O. The van der Waals surface area contributed by atoms with Gasteiger partial charge in [0.15, 0.2) is 18.5 Å². The number of alkyl halides is 1. The number of aliphatic hydroxyl groups is 1. The Balaban J connectivity index is 2.33. The van der Waals surface area contributed by atoms with Crippen LogP contribution in [0, 0.1) is 0 Å². The van der Waals surface area contributed by atoms with Gasteiger partial charge in [-0.3, -0.25) is 4.57 Å². The number of halogens is 1. The van der Waals surface area contributed by atoms with Crippen LogP contribution in [0.5, 0.6) is 0 Å². The van der Waals surface area contributed by atoms with Crippen LogP contribution in [0.15, 0.2) is 17.1 Å². The Hall–Kier alpha value is -1.45. The van der Waals surface area contributed by atoms with Crippen LogP contribution in [0.25, 0.3) is 0 Å². The maximum Gasteiger partial charge on any atom is 0.695 e. The molecule has 1 aromatic rings. The lowest BCUT2D eigenvalue weighted by molar-refractivity contribution is -0.0756. The molecule has 1 fully saturated rings. The summed E-state index contributed by atoms with van der Waals surface area (Å²) in [7, 11) is -3.09. The maximum atomic E-state index is 14.4. The van der Waals surface area contributed by atoms with Gasteiger partial charge in [-0.25, -0.2) is 9.18 Å². The van der Waals surface area contributed by atoms with Gasteiger partial charge in [0, 0.05) is 10.8 Å². The number of anilines is 1. The lowest BCUT2D eigenvalue weighted by atomic mass is 10.1. The Morgan fingerprint density at radius 3 is 2.86 bits per heavy atom. The second-order valence-corrected chi connectivity index (χ2v) is 5.21. The number of ether oxygens (including phenoxy) is 1.